The van der Waals surface area contributed by atoms with Gasteiger partial charge in [-0.15, -0.1) is 0 Å². The van der Waals surface area contributed by atoms with E-state index < -0.39 is 15.7 Å². The summed E-state index contributed by atoms with van der Waals surface area (Å²) in [5.41, 5.74) is 0.878. The Kier molecular flexibility index (Phi) is 5.09. The molecule has 3 rings (SSSR count). The first kappa shape index (κ1) is 17.8. The van der Waals surface area contributed by atoms with Crippen molar-refractivity contribution in [3.05, 3.63) is 78.1 Å². The highest BCUT2D eigenvalue weighted by Gasteiger charge is 2.23. The Morgan fingerprint density at radius 1 is 1.00 bits per heavy atom. The summed E-state index contributed by atoms with van der Waals surface area (Å²) in [5, 5.41) is 2.42. The molecule has 1 heterocycles. The molecule has 1 aromatic heterocycles. The fourth-order valence-corrected chi connectivity index (χ4v) is 3.51. The molecule has 3 aromatic rings. The Balaban J connectivity index is 1.70. The number of benzene rings is 2. The van der Waals surface area contributed by atoms with Crippen molar-refractivity contribution in [2.75, 3.05) is 7.11 Å². The van der Waals surface area contributed by atoms with Gasteiger partial charge in [-0.05, 0) is 42.0 Å². The van der Waals surface area contributed by atoms with Crippen LogP contribution in [0.2, 0.25) is 0 Å². The number of sulfone groups is 1. The van der Waals surface area contributed by atoms with E-state index in [-0.39, 0.29) is 22.3 Å². The topological polar surface area (TPSA) is 85.6 Å². The number of carbonyl (C=O) groups is 1. The van der Waals surface area contributed by atoms with Gasteiger partial charge >= 0.3 is 0 Å². The van der Waals surface area contributed by atoms with Gasteiger partial charge in [0, 0.05) is 6.54 Å². The molecule has 0 radical (unpaired) electrons. The average Bonchev–Trinajstić information content (AvgIpc) is 3.18. The third-order valence-corrected chi connectivity index (χ3v) is 5.38. The first-order chi connectivity index (χ1) is 12.5. The van der Waals surface area contributed by atoms with Crippen LogP contribution in [0.3, 0.4) is 0 Å². The van der Waals surface area contributed by atoms with Crippen LogP contribution in [0.15, 0.2) is 81.1 Å². The molecule has 0 unspecified atom stereocenters. The van der Waals surface area contributed by atoms with Crippen molar-refractivity contribution in [2.24, 2.45) is 0 Å². The minimum absolute atomic E-state index is 0.0620. The summed E-state index contributed by atoms with van der Waals surface area (Å²) < 4.78 is 35.3. The summed E-state index contributed by atoms with van der Waals surface area (Å²) >= 11 is 0. The Morgan fingerprint density at radius 2 is 1.69 bits per heavy atom. The Labute approximate surface area is 151 Å². The van der Waals surface area contributed by atoms with Crippen molar-refractivity contribution in [2.45, 2.75) is 16.5 Å². The number of methoxy groups -OCH3 is 1. The summed E-state index contributed by atoms with van der Waals surface area (Å²) in [6.07, 6.45) is 0. The smallest absolute Gasteiger partial charge is 0.287 e. The average molecular weight is 371 g/mol. The van der Waals surface area contributed by atoms with Crippen LogP contribution in [-0.4, -0.2) is 21.4 Å². The summed E-state index contributed by atoms with van der Waals surface area (Å²) in [5.74, 6) is 0.171. The molecule has 0 saturated heterocycles. The summed E-state index contributed by atoms with van der Waals surface area (Å²) in [6, 6.07) is 17.8. The summed E-state index contributed by atoms with van der Waals surface area (Å²) in [4.78, 5) is 12.3. The maximum absolute atomic E-state index is 12.5. The van der Waals surface area contributed by atoms with E-state index in [1.807, 2.05) is 12.1 Å². The number of hydrogen-bond acceptors (Lipinski definition) is 5. The minimum Gasteiger partial charge on any atom is -0.497 e. The maximum atomic E-state index is 12.5. The molecule has 0 saturated carbocycles. The molecule has 1 N–H and O–H groups in total. The molecule has 0 atom stereocenters. The van der Waals surface area contributed by atoms with E-state index in [0.717, 1.165) is 11.3 Å². The summed E-state index contributed by atoms with van der Waals surface area (Å²) in [6.45, 7) is 0.282. The number of rotatable bonds is 6. The van der Waals surface area contributed by atoms with Crippen molar-refractivity contribution in [1.82, 2.24) is 5.32 Å². The van der Waals surface area contributed by atoms with Crippen LogP contribution >= 0.6 is 0 Å². The van der Waals surface area contributed by atoms with Crippen molar-refractivity contribution in [3.63, 3.8) is 0 Å². The molecule has 134 valence electrons. The van der Waals surface area contributed by atoms with Gasteiger partial charge < -0.3 is 14.5 Å². The zero-order valence-electron chi connectivity index (χ0n) is 14.0. The van der Waals surface area contributed by atoms with Gasteiger partial charge in [0.2, 0.25) is 14.9 Å². The van der Waals surface area contributed by atoms with E-state index in [0.29, 0.717) is 0 Å². The van der Waals surface area contributed by atoms with Crippen LogP contribution in [-0.2, 0) is 16.4 Å². The van der Waals surface area contributed by atoms with E-state index in [4.69, 9.17) is 9.15 Å². The number of ether oxygens (including phenoxy) is 1. The van der Waals surface area contributed by atoms with Gasteiger partial charge in [0.15, 0.2) is 5.76 Å². The number of amides is 1. The van der Waals surface area contributed by atoms with Crippen LogP contribution in [0.4, 0.5) is 0 Å². The molecule has 1 amide bonds. The number of nitrogens with one attached hydrogen (secondary N) is 1. The normalized spacial score (nSPS) is 11.1. The van der Waals surface area contributed by atoms with Gasteiger partial charge in [-0.2, -0.15) is 0 Å². The molecule has 0 bridgehead atoms. The first-order valence-electron chi connectivity index (χ1n) is 7.82. The van der Waals surface area contributed by atoms with Crippen molar-refractivity contribution in [3.8, 4) is 5.75 Å². The van der Waals surface area contributed by atoms with Crippen LogP contribution in [0.5, 0.6) is 5.75 Å². The highest BCUT2D eigenvalue weighted by molar-refractivity contribution is 7.91. The van der Waals surface area contributed by atoms with E-state index >= 15 is 0 Å². The van der Waals surface area contributed by atoms with Gasteiger partial charge in [-0.1, -0.05) is 30.3 Å². The number of hydrogen-bond donors (Lipinski definition) is 1. The second kappa shape index (κ2) is 7.45. The zero-order chi connectivity index (χ0) is 18.6. The van der Waals surface area contributed by atoms with Gasteiger partial charge in [-0.25, -0.2) is 8.42 Å². The highest BCUT2D eigenvalue weighted by atomic mass is 32.2. The molecule has 2 aromatic carbocycles. The second-order valence-electron chi connectivity index (χ2n) is 5.47. The molecule has 0 spiro atoms. The predicted octanol–water partition coefficient (Wildman–Crippen LogP) is 3.05. The van der Waals surface area contributed by atoms with Gasteiger partial charge in [0.05, 0.1) is 12.0 Å². The van der Waals surface area contributed by atoms with Gasteiger partial charge in [0.1, 0.15) is 5.75 Å². The lowest BCUT2D eigenvalue weighted by molar-refractivity contribution is 0.0918. The van der Waals surface area contributed by atoms with Crippen LogP contribution in [0, 0.1) is 0 Å². The van der Waals surface area contributed by atoms with Crippen molar-refractivity contribution in [1.29, 1.82) is 0 Å². The monoisotopic (exact) mass is 371 g/mol. The molecule has 6 nitrogen and oxygen atoms in total. The zero-order valence-corrected chi connectivity index (χ0v) is 14.8. The van der Waals surface area contributed by atoms with Crippen LogP contribution in [0.1, 0.15) is 16.1 Å². The molecule has 26 heavy (non-hydrogen) atoms. The second-order valence-corrected chi connectivity index (χ2v) is 7.35. The lowest BCUT2D eigenvalue weighted by Crippen LogP contribution is -2.22. The summed E-state index contributed by atoms with van der Waals surface area (Å²) in [7, 11) is -2.21. The SMILES string of the molecule is COc1ccc(CNC(=O)c2ccc(S(=O)(=O)c3ccccc3)o2)cc1. The van der Waals surface area contributed by atoms with Crippen LogP contribution in [0.25, 0.3) is 0 Å². The van der Waals surface area contributed by atoms with Crippen molar-refractivity contribution >= 4 is 15.7 Å². The minimum atomic E-state index is -3.79. The Morgan fingerprint density at radius 3 is 2.35 bits per heavy atom. The molecule has 0 fully saturated rings. The lowest BCUT2D eigenvalue weighted by Gasteiger charge is -2.05. The standard InChI is InChI=1S/C19H17NO5S/c1-24-15-9-7-14(8-10-15)13-20-19(21)17-11-12-18(25-17)26(22,23)16-5-3-2-4-6-16/h2-12H,13H2,1H3,(H,20,21). The van der Waals surface area contributed by atoms with Gasteiger partial charge in [0.25, 0.3) is 5.91 Å². The maximum Gasteiger partial charge on any atom is 0.287 e. The third kappa shape index (κ3) is 3.78. The molecule has 7 heteroatoms. The van der Waals surface area contributed by atoms with E-state index in [1.54, 1.807) is 37.4 Å². The van der Waals surface area contributed by atoms with Crippen LogP contribution < -0.4 is 10.1 Å². The molecular weight excluding hydrogens is 354 g/mol. The van der Waals surface area contributed by atoms with E-state index in [2.05, 4.69) is 5.32 Å². The molecule has 0 aliphatic heterocycles. The molecule has 0 aliphatic rings. The highest BCUT2D eigenvalue weighted by Crippen LogP contribution is 2.22. The predicted molar refractivity (Wildman–Crippen MR) is 94.8 cm³/mol. The van der Waals surface area contributed by atoms with E-state index in [9.17, 15) is 13.2 Å². The quantitative estimate of drug-likeness (QED) is 0.720. The molecular formula is C19H17NO5S. The fourth-order valence-electron chi connectivity index (χ4n) is 2.32. The largest absolute Gasteiger partial charge is 0.497 e. The number of furan rings is 1. The third-order valence-electron chi connectivity index (χ3n) is 3.74. The lowest BCUT2D eigenvalue weighted by atomic mass is 10.2. The van der Waals surface area contributed by atoms with E-state index in [1.165, 1.54) is 24.3 Å². The van der Waals surface area contributed by atoms with Gasteiger partial charge in [-0.3, -0.25) is 4.79 Å². The Hall–Kier alpha value is -3.06. The van der Waals surface area contributed by atoms with Crippen molar-refractivity contribution < 1.29 is 22.4 Å². The number of carbonyl (C=O) groups excluding carboxylic acids is 1. The fraction of sp³-hybridized carbons (Fsp3) is 0.105. The first-order valence-corrected chi connectivity index (χ1v) is 9.30. The Bertz CT molecular complexity index is 992. The molecule has 0 aliphatic carbocycles.